The number of nitrogens with zero attached hydrogens (tertiary/aromatic N) is 1. The van der Waals surface area contributed by atoms with Gasteiger partial charge in [-0.1, -0.05) is 45.9 Å². The Labute approximate surface area is 186 Å². The average Bonchev–Trinajstić information content (AvgIpc) is 2.98. The van der Waals surface area contributed by atoms with Gasteiger partial charge in [-0.3, -0.25) is 14.5 Å². The summed E-state index contributed by atoms with van der Waals surface area (Å²) in [6, 6.07) is 10.2. The molecule has 0 spiro atoms. The van der Waals surface area contributed by atoms with Crippen molar-refractivity contribution >= 4 is 23.5 Å². The molecule has 0 aromatic heterocycles. The van der Waals surface area contributed by atoms with E-state index in [0.717, 1.165) is 10.5 Å². The van der Waals surface area contributed by atoms with Gasteiger partial charge in [0.1, 0.15) is 23.7 Å². The van der Waals surface area contributed by atoms with Crippen LogP contribution in [-0.4, -0.2) is 36.4 Å². The molecule has 0 radical (unpaired) electrons. The molecule has 0 saturated carbocycles. The Hall–Kier alpha value is -3.42. The maximum absolute atomic E-state index is 13.3. The summed E-state index contributed by atoms with van der Waals surface area (Å²) in [4.78, 5) is 39.5. The van der Waals surface area contributed by atoms with Gasteiger partial charge in [-0.25, -0.2) is 9.18 Å². The van der Waals surface area contributed by atoms with E-state index in [2.05, 4.69) is 10.6 Å². The second-order valence-electron chi connectivity index (χ2n) is 8.80. The van der Waals surface area contributed by atoms with E-state index in [0.29, 0.717) is 17.0 Å². The van der Waals surface area contributed by atoms with E-state index < -0.39 is 35.7 Å². The maximum Gasteiger partial charge on any atom is 0.325 e. The first-order valence-corrected chi connectivity index (χ1v) is 10.4. The van der Waals surface area contributed by atoms with Crippen LogP contribution < -0.4 is 15.4 Å². The summed E-state index contributed by atoms with van der Waals surface area (Å²) in [6.45, 7) is 7.43. The number of hydrogen-bond acceptors (Lipinski definition) is 4. The van der Waals surface area contributed by atoms with Gasteiger partial charge in [-0.15, -0.1) is 0 Å². The number of methoxy groups -OCH3 is 1. The van der Waals surface area contributed by atoms with Crippen molar-refractivity contribution in [2.75, 3.05) is 19.0 Å². The number of hydrogen-bond donors (Lipinski definition) is 2. The standard InChI is InChI=1S/C24H28FN3O4/c1-6-24(15-7-10-17(25)11-8-15)21(30)28(22(31)27-24)14-20(29)26-18-13-16(23(2,3)4)9-12-19(18)32-5/h7-13H,6,14H2,1-5H3,(H,26,29)(H,27,31)/t24-/m0/s1. The number of anilines is 1. The van der Waals surface area contributed by atoms with Gasteiger partial charge in [0, 0.05) is 0 Å². The minimum Gasteiger partial charge on any atom is -0.495 e. The van der Waals surface area contributed by atoms with Crippen LogP contribution in [0.2, 0.25) is 0 Å². The number of carbonyl (C=O) groups excluding carboxylic acids is 3. The number of amides is 4. The van der Waals surface area contributed by atoms with Gasteiger partial charge in [-0.2, -0.15) is 0 Å². The summed E-state index contributed by atoms with van der Waals surface area (Å²) >= 11 is 0. The van der Waals surface area contributed by atoms with Crippen molar-refractivity contribution in [2.45, 2.75) is 45.1 Å². The third-order valence-corrected chi connectivity index (χ3v) is 5.68. The molecular formula is C24H28FN3O4. The second kappa shape index (κ2) is 8.61. The Morgan fingerprint density at radius 1 is 1.16 bits per heavy atom. The molecule has 4 amide bonds. The van der Waals surface area contributed by atoms with Crippen molar-refractivity contribution in [3.05, 3.63) is 59.4 Å². The van der Waals surface area contributed by atoms with E-state index >= 15 is 0 Å². The summed E-state index contributed by atoms with van der Waals surface area (Å²) in [6.07, 6.45) is 0.253. The Morgan fingerprint density at radius 3 is 2.38 bits per heavy atom. The fraction of sp³-hybridized carbons (Fsp3) is 0.375. The molecule has 1 aliphatic rings. The first kappa shape index (κ1) is 23.2. The topological polar surface area (TPSA) is 87.7 Å². The van der Waals surface area contributed by atoms with Crippen molar-refractivity contribution in [3.63, 3.8) is 0 Å². The molecule has 2 aromatic rings. The molecule has 1 saturated heterocycles. The minimum atomic E-state index is -1.34. The lowest BCUT2D eigenvalue weighted by Gasteiger charge is -2.25. The highest BCUT2D eigenvalue weighted by Crippen LogP contribution is 2.34. The maximum atomic E-state index is 13.3. The molecule has 1 heterocycles. The van der Waals surface area contributed by atoms with Gasteiger partial charge in [0.05, 0.1) is 12.8 Å². The lowest BCUT2D eigenvalue weighted by atomic mass is 9.87. The van der Waals surface area contributed by atoms with Crippen molar-refractivity contribution < 1.29 is 23.5 Å². The van der Waals surface area contributed by atoms with Crippen molar-refractivity contribution in [1.82, 2.24) is 10.2 Å². The summed E-state index contributed by atoms with van der Waals surface area (Å²) in [7, 11) is 1.50. The van der Waals surface area contributed by atoms with E-state index in [9.17, 15) is 18.8 Å². The molecule has 32 heavy (non-hydrogen) atoms. The predicted octanol–water partition coefficient (Wildman–Crippen LogP) is 3.93. The molecule has 8 heteroatoms. The summed E-state index contributed by atoms with van der Waals surface area (Å²) in [5, 5.41) is 5.43. The molecule has 1 aliphatic heterocycles. The van der Waals surface area contributed by atoms with Gasteiger partial charge >= 0.3 is 6.03 Å². The van der Waals surface area contributed by atoms with Crippen LogP contribution in [0.15, 0.2) is 42.5 Å². The van der Waals surface area contributed by atoms with Crippen molar-refractivity contribution in [2.24, 2.45) is 0 Å². The normalized spacial score (nSPS) is 18.5. The molecule has 7 nitrogen and oxygen atoms in total. The number of nitrogens with one attached hydrogen (secondary N) is 2. The number of halogens is 1. The monoisotopic (exact) mass is 441 g/mol. The van der Waals surface area contributed by atoms with Crippen LogP contribution in [0.3, 0.4) is 0 Å². The van der Waals surface area contributed by atoms with Gasteiger partial charge in [-0.05, 0) is 47.2 Å². The van der Waals surface area contributed by atoms with Gasteiger partial charge in [0.15, 0.2) is 0 Å². The first-order chi connectivity index (χ1) is 15.0. The van der Waals surface area contributed by atoms with Gasteiger partial charge in [0.25, 0.3) is 5.91 Å². The quantitative estimate of drug-likeness (QED) is 0.665. The van der Waals surface area contributed by atoms with E-state index in [1.165, 1.54) is 31.4 Å². The van der Waals surface area contributed by atoms with Crippen LogP contribution in [0.1, 0.15) is 45.2 Å². The smallest absolute Gasteiger partial charge is 0.325 e. The number of urea groups is 1. The van der Waals surface area contributed by atoms with Crippen molar-refractivity contribution in [1.29, 1.82) is 0 Å². The second-order valence-corrected chi connectivity index (χ2v) is 8.80. The van der Waals surface area contributed by atoms with Crippen LogP contribution in [0.5, 0.6) is 5.75 Å². The molecular weight excluding hydrogens is 413 g/mol. The number of imide groups is 1. The lowest BCUT2D eigenvalue weighted by Crippen LogP contribution is -2.44. The highest BCUT2D eigenvalue weighted by molar-refractivity contribution is 6.10. The fourth-order valence-corrected chi connectivity index (χ4v) is 3.75. The number of rotatable bonds is 6. The molecule has 0 bridgehead atoms. The first-order valence-electron chi connectivity index (χ1n) is 10.4. The lowest BCUT2D eigenvalue weighted by molar-refractivity contribution is -0.134. The third kappa shape index (κ3) is 4.30. The average molecular weight is 442 g/mol. The van der Waals surface area contributed by atoms with Crippen molar-refractivity contribution in [3.8, 4) is 5.75 Å². The molecule has 3 rings (SSSR count). The number of carbonyl (C=O) groups is 3. The largest absolute Gasteiger partial charge is 0.495 e. The molecule has 2 N–H and O–H groups in total. The zero-order valence-electron chi connectivity index (χ0n) is 18.9. The molecule has 1 fully saturated rings. The highest BCUT2D eigenvalue weighted by Gasteiger charge is 2.51. The summed E-state index contributed by atoms with van der Waals surface area (Å²) < 4.78 is 18.7. The summed E-state index contributed by atoms with van der Waals surface area (Å²) in [5.74, 6) is -1.07. The number of benzene rings is 2. The van der Waals surface area contributed by atoms with Gasteiger partial charge in [0.2, 0.25) is 5.91 Å². The van der Waals surface area contributed by atoms with Crippen LogP contribution >= 0.6 is 0 Å². The molecule has 170 valence electrons. The third-order valence-electron chi connectivity index (χ3n) is 5.68. The Bertz CT molecular complexity index is 1050. The zero-order valence-corrected chi connectivity index (χ0v) is 18.9. The predicted molar refractivity (Wildman–Crippen MR) is 119 cm³/mol. The van der Waals surface area contributed by atoms with Crippen LogP contribution in [0.25, 0.3) is 0 Å². The molecule has 2 aromatic carbocycles. The van der Waals surface area contributed by atoms with E-state index in [-0.39, 0.29) is 11.8 Å². The van der Waals surface area contributed by atoms with E-state index in [1.807, 2.05) is 32.9 Å². The highest BCUT2D eigenvalue weighted by atomic mass is 19.1. The van der Waals surface area contributed by atoms with Gasteiger partial charge < -0.3 is 15.4 Å². The van der Waals surface area contributed by atoms with Crippen LogP contribution in [-0.2, 0) is 20.5 Å². The molecule has 0 unspecified atom stereocenters. The molecule has 1 atom stereocenters. The SMILES string of the molecule is CC[C@@]1(c2ccc(F)cc2)NC(=O)N(CC(=O)Nc2cc(C(C)(C)C)ccc2OC)C1=O. The number of ether oxygens (including phenoxy) is 1. The Balaban J connectivity index is 1.82. The van der Waals surface area contributed by atoms with Crippen LogP contribution in [0, 0.1) is 5.82 Å². The fourth-order valence-electron chi connectivity index (χ4n) is 3.75. The minimum absolute atomic E-state index is 0.146. The Kier molecular flexibility index (Phi) is 6.25. The Morgan fingerprint density at radius 2 is 1.81 bits per heavy atom. The zero-order chi connectivity index (χ0) is 23.7. The summed E-state index contributed by atoms with van der Waals surface area (Å²) in [5.41, 5.74) is 0.422. The van der Waals surface area contributed by atoms with E-state index in [4.69, 9.17) is 4.74 Å². The van der Waals surface area contributed by atoms with E-state index in [1.54, 1.807) is 13.0 Å². The van der Waals surface area contributed by atoms with Crippen LogP contribution in [0.4, 0.5) is 14.9 Å². The molecule has 0 aliphatic carbocycles.